The maximum absolute atomic E-state index is 5.21. The van der Waals surface area contributed by atoms with Gasteiger partial charge in [-0.1, -0.05) is 41.2 Å². The molecule has 0 spiro atoms. The molecule has 0 amide bonds. The van der Waals surface area contributed by atoms with Gasteiger partial charge in [-0.2, -0.15) is 4.98 Å². The van der Waals surface area contributed by atoms with Crippen LogP contribution in [0.1, 0.15) is 25.1 Å². The Morgan fingerprint density at radius 1 is 1.33 bits per heavy atom. The van der Waals surface area contributed by atoms with Crippen LogP contribution in [0.25, 0.3) is 0 Å². The van der Waals surface area contributed by atoms with Crippen molar-refractivity contribution in [1.29, 1.82) is 0 Å². The van der Waals surface area contributed by atoms with Crippen LogP contribution in [-0.4, -0.2) is 27.4 Å². The van der Waals surface area contributed by atoms with Crippen LogP contribution in [0.15, 0.2) is 33.1 Å². The summed E-state index contributed by atoms with van der Waals surface area (Å²) >= 11 is 3.00. The molecule has 0 atom stereocenters. The van der Waals surface area contributed by atoms with Gasteiger partial charge in [0.2, 0.25) is 11.0 Å². The molecule has 0 saturated carbocycles. The number of aromatic nitrogens is 4. The molecule has 0 aliphatic carbocycles. The molecule has 24 heavy (non-hydrogen) atoms. The lowest BCUT2D eigenvalue weighted by Gasteiger charge is -2.04. The van der Waals surface area contributed by atoms with Crippen molar-refractivity contribution in [2.24, 2.45) is 0 Å². The van der Waals surface area contributed by atoms with Crippen molar-refractivity contribution in [2.45, 2.75) is 29.9 Å². The van der Waals surface area contributed by atoms with Crippen molar-refractivity contribution in [2.75, 3.05) is 12.4 Å². The minimum absolute atomic E-state index is 0.588. The van der Waals surface area contributed by atoms with Crippen LogP contribution in [0.3, 0.4) is 0 Å². The van der Waals surface area contributed by atoms with Crippen LogP contribution >= 0.6 is 23.1 Å². The summed E-state index contributed by atoms with van der Waals surface area (Å²) < 4.78 is 11.3. The van der Waals surface area contributed by atoms with Gasteiger partial charge in [-0.15, -0.1) is 10.2 Å². The Bertz CT molecular complexity index is 790. The lowest BCUT2D eigenvalue weighted by Crippen LogP contribution is -1.90. The van der Waals surface area contributed by atoms with Gasteiger partial charge in [-0.3, -0.25) is 0 Å². The molecule has 1 N–H and O–H groups in total. The van der Waals surface area contributed by atoms with Crippen LogP contribution in [0, 0.1) is 0 Å². The zero-order chi connectivity index (χ0) is 16.8. The zero-order valence-electron chi connectivity index (χ0n) is 13.4. The van der Waals surface area contributed by atoms with E-state index in [1.807, 2.05) is 24.3 Å². The van der Waals surface area contributed by atoms with Gasteiger partial charge in [-0.05, 0) is 18.6 Å². The van der Waals surface area contributed by atoms with E-state index in [1.165, 1.54) is 23.1 Å². The number of hydrogen-bond acceptors (Lipinski definition) is 9. The molecule has 7 nitrogen and oxygen atoms in total. The van der Waals surface area contributed by atoms with Crippen LogP contribution in [0.2, 0.25) is 0 Å². The second kappa shape index (κ2) is 8.11. The molecule has 126 valence electrons. The Morgan fingerprint density at radius 3 is 3.08 bits per heavy atom. The summed E-state index contributed by atoms with van der Waals surface area (Å²) in [4.78, 5) is 4.34. The normalized spacial score (nSPS) is 10.8. The third-order valence-electron chi connectivity index (χ3n) is 3.03. The van der Waals surface area contributed by atoms with Gasteiger partial charge in [-0.25, -0.2) is 0 Å². The lowest BCUT2D eigenvalue weighted by molar-refractivity contribution is 0.384. The molecule has 1 aromatic carbocycles. The first kappa shape index (κ1) is 16.7. The quantitative estimate of drug-likeness (QED) is 0.603. The molecular weight excluding hydrogens is 346 g/mol. The van der Waals surface area contributed by atoms with E-state index in [2.05, 4.69) is 32.6 Å². The molecule has 3 aromatic rings. The first-order chi connectivity index (χ1) is 11.8. The SMILES string of the molecule is CCCc1noc(CSc2nnc(Nc3cccc(OC)c3)s2)n1. The average Bonchev–Trinajstić information content (AvgIpc) is 3.23. The lowest BCUT2D eigenvalue weighted by atomic mass is 10.3. The molecule has 0 aliphatic heterocycles. The molecule has 0 saturated heterocycles. The first-order valence-electron chi connectivity index (χ1n) is 7.45. The number of benzene rings is 1. The molecular formula is C15H17N5O2S2. The van der Waals surface area contributed by atoms with Gasteiger partial charge in [0.05, 0.1) is 12.9 Å². The highest BCUT2D eigenvalue weighted by Crippen LogP contribution is 2.30. The minimum atomic E-state index is 0.588. The highest BCUT2D eigenvalue weighted by atomic mass is 32.2. The number of thioether (sulfide) groups is 1. The zero-order valence-corrected chi connectivity index (χ0v) is 15.0. The molecule has 2 heterocycles. The van der Waals surface area contributed by atoms with Crippen molar-refractivity contribution >= 4 is 33.9 Å². The third kappa shape index (κ3) is 4.45. The second-order valence-corrected chi connectivity index (χ2v) is 7.07. The molecule has 0 unspecified atom stereocenters. The summed E-state index contributed by atoms with van der Waals surface area (Å²) in [7, 11) is 1.64. The maximum atomic E-state index is 5.21. The number of hydrogen-bond donors (Lipinski definition) is 1. The third-order valence-corrected chi connectivity index (χ3v) is 4.99. The fourth-order valence-corrected chi connectivity index (χ4v) is 3.55. The summed E-state index contributed by atoms with van der Waals surface area (Å²) in [6.07, 6.45) is 1.84. The van der Waals surface area contributed by atoms with E-state index >= 15 is 0 Å². The second-order valence-electron chi connectivity index (χ2n) is 4.87. The van der Waals surface area contributed by atoms with Crippen LogP contribution in [-0.2, 0) is 12.2 Å². The number of anilines is 2. The van der Waals surface area contributed by atoms with Gasteiger partial charge in [0.15, 0.2) is 10.2 Å². The number of ether oxygens (including phenoxy) is 1. The van der Waals surface area contributed by atoms with E-state index in [0.717, 1.165) is 39.6 Å². The van der Waals surface area contributed by atoms with E-state index in [9.17, 15) is 0 Å². The highest BCUT2D eigenvalue weighted by Gasteiger charge is 2.10. The predicted molar refractivity (Wildman–Crippen MR) is 94.0 cm³/mol. The van der Waals surface area contributed by atoms with Crippen molar-refractivity contribution in [3.63, 3.8) is 0 Å². The summed E-state index contributed by atoms with van der Waals surface area (Å²) in [6, 6.07) is 7.66. The van der Waals surface area contributed by atoms with Crippen molar-refractivity contribution in [3.05, 3.63) is 36.0 Å². The minimum Gasteiger partial charge on any atom is -0.497 e. The van der Waals surface area contributed by atoms with Gasteiger partial charge in [0, 0.05) is 18.2 Å². The molecule has 0 aliphatic rings. The predicted octanol–water partition coefficient (Wildman–Crippen LogP) is 3.92. The Hall–Kier alpha value is -2.13. The van der Waals surface area contributed by atoms with E-state index < -0.39 is 0 Å². The largest absolute Gasteiger partial charge is 0.497 e. The molecule has 9 heteroatoms. The van der Waals surface area contributed by atoms with Gasteiger partial charge >= 0.3 is 0 Å². The molecule has 2 aromatic heterocycles. The number of aryl methyl sites for hydroxylation is 1. The molecule has 0 radical (unpaired) electrons. The summed E-state index contributed by atoms with van der Waals surface area (Å²) in [5, 5.41) is 16.2. The topological polar surface area (TPSA) is 86.0 Å². The fourth-order valence-electron chi connectivity index (χ4n) is 1.94. The summed E-state index contributed by atoms with van der Waals surface area (Å²) in [5.41, 5.74) is 0.906. The summed E-state index contributed by atoms with van der Waals surface area (Å²) in [6.45, 7) is 2.09. The average molecular weight is 363 g/mol. The highest BCUT2D eigenvalue weighted by molar-refractivity contribution is 8.00. The van der Waals surface area contributed by atoms with Crippen LogP contribution in [0.5, 0.6) is 5.75 Å². The number of methoxy groups -OCH3 is 1. The molecule has 3 rings (SSSR count). The summed E-state index contributed by atoms with van der Waals surface area (Å²) in [5.74, 6) is 2.75. The van der Waals surface area contributed by atoms with E-state index in [-0.39, 0.29) is 0 Å². The van der Waals surface area contributed by atoms with Crippen molar-refractivity contribution in [1.82, 2.24) is 20.3 Å². The van der Waals surface area contributed by atoms with Gasteiger partial charge in [0.25, 0.3) is 0 Å². The Balaban J connectivity index is 1.56. The molecule has 0 bridgehead atoms. The number of nitrogens with one attached hydrogen (secondary N) is 1. The maximum Gasteiger partial charge on any atom is 0.237 e. The Labute approximate surface area is 147 Å². The standard InChI is InChI=1S/C15H17N5O2S2/c1-3-5-12-17-13(22-20-12)9-23-15-19-18-14(24-15)16-10-6-4-7-11(8-10)21-2/h4,6-8H,3,5,9H2,1-2H3,(H,16,18). The Morgan fingerprint density at radius 2 is 2.25 bits per heavy atom. The van der Waals surface area contributed by atoms with E-state index in [0.29, 0.717) is 11.6 Å². The monoisotopic (exact) mass is 363 g/mol. The van der Waals surface area contributed by atoms with E-state index in [4.69, 9.17) is 9.26 Å². The number of nitrogens with zero attached hydrogens (tertiary/aromatic N) is 4. The van der Waals surface area contributed by atoms with Crippen molar-refractivity contribution < 1.29 is 9.26 Å². The number of rotatable bonds is 8. The van der Waals surface area contributed by atoms with Gasteiger partial charge in [0.1, 0.15) is 5.75 Å². The molecule has 0 fully saturated rings. The van der Waals surface area contributed by atoms with Crippen LogP contribution < -0.4 is 10.1 Å². The fraction of sp³-hybridized carbons (Fsp3) is 0.333. The van der Waals surface area contributed by atoms with Gasteiger partial charge < -0.3 is 14.6 Å². The van der Waals surface area contributed by atoms with E-state index in [1.54, 1.807) is 7.11 Å². The van der Waals surface area contributed by atoms with Crippen LogP contribution in [0.4, 0.5) is 10.8 Å². The van der Waals surface area contributed by atoms with Crippen molar-refractivity contribution in [3.8, 4) is 5.75 Å². The Kier molecular flexibility index (Phi) is 5.65. The first-order valence-corrected chi connectivity index (χ1v) is 9.26. The smallest absolute Gasteiger partial charge is 0.237 e.